The maximum Gasteiger partial charge on any atom is 0.261 e. The molecule has 0 unspecified atom stereocenters. The average Bonchev–Trinajstić information content (AvgIpc) is 2.64. The Kier molecular flexibility index (Phi) is 3.58. The smallest absolute Gasteiger partial charge is 0.261 e. The van der Waals surface area contributed by atoms with Crippen molar-refractivity contribution in [2.75, 3.05) is 11.1 Å². The summed E-state index contributed by atoms with van der Waals surface area (Å²) in [6, 6.07) is 5.14. The number of nitrogen functional groups attached to an aromatic ring is 1. The molecule has 0 aliphatic rings. The van der Waals surface area contributed by atoms with Crippen molar-refractivity contribution in [2.45, 2.75) is 6.92 Å². The largest absolute Gasteiger partial charge is 0.382 e. The molecular formula is C11H10BrClN4O. The molecule has 0 saturated heterocycles. The molecule has 0 fully saturated rings. The van der Waals surface area contributed by atoms with Gasteiger partial charge in [0, 0.05) is 15.9 Å². The summed E-state index contributed by atoms with van der Waals surface area (Å²) in [5.41, 5.74) is 7.16. The quantitative estimate of drug-likeness (QED) is 0.792. The second-order valence-corrected chi connectivity index (χ2v) is 4.95. The van der Waals surface area contributed by atoms with Gasteiger partial charge in [-0.3, -0.25) is 9.89 Å². The second-order valence-electron chi connectivity index (χ2n) is 3.69. The van der Waals surface area contributed by atoms with Crippen LogP contribution in [0.25, 0.3) is 0 Å². The standard InChI is InChI=1S/C11H10BrClN4O/c1-5-9(10(14)17-16-5)11(18)15-6-2-3-7(12)8(13)4-6/h2-4H,1H3,(H,15,18)(H3,14,16,17). The summed E-state index contributed by atoms with van der Waals surface area (Å²) in [6.45, 7) is 1.73. The molecule has 0 bridgehead atoms. The molecule has 1 heterocycles. The lowest BCUT2D eigenvalue weighted by Crippen LogP contribution is -2.14. The number of rotatable bonds is 2. The van der Waals surface area contributed by atoms with Gasteiger partial charge in [-0.2, -0.15) is 5.10 Å². The first kappa shape index (κ1) is 12.9. The number of nitrogens with zero attached hydrogens (tertiary/aromatic N) is 1. The van der Waals surface area contributed by atoms with Crippen LogP contribution >= 0.6 is 27.5 Å². The number of aryl methyl sites for hydroxylation is 1. The highest BCUT2D eigenvalue weighted by Crippen LogP contribution is 2.26. The first-order chi connectivity index (χ1) is 8.49. The highest BCUT2D eigenvalue weighted by molar-refractivity contribution is 9.10. The summed E-state index contributed by atoms with van der Waals surface area (Å²) in [4.78, 5) is 12.0. The summed E-state index contributed by atoms with van der Waals surface area (Å²) in [5, 5.41) is 9.65. The van der Waals surface area contributed by atoms with Gasteiger partial charge in [-0.05, 0) is 41.1 Å². The lowest BCUT2D eigenvalue weighted by molar-refractivity contribution is 0.102. The summed E-state index contributed by atoms with van der Waals surface area (Å²) >= 11 is 9.22. The number of carbonyl (C=O) groups excluding carboxylic acids is 1. The monoisotopic (exact) mass is 328 g/mol. The van der Waals surface area contributed by atoms with Crippen LogP contribution in [0.1, 0.15) is 16.1 Å². The van der Waals surface area contributed by atoms with Gasteiger partial charge < -0.3 is 11.1 Å². The van der Waals surface area contributed by atoms with Crippen LogP contribution in [-0.4, -0.2) is 16.1 Å². The lowest BCUT2D eigenvalue weighted by atomic mass is 10.2. The molecule has 0 aliphatic heterocycles. The number of hydrogen-bond donors (Lipinski definition) is 3. The van der Waals surface area contributed by atoms with Crippen molar-refractivity contribution >= 4 is 44.9 Å². The van der Waals surface area contributed by atoms with E-state index in [-0.39, 0.29) is 11.7 Å². The first-order valence-corrected chi connectivity index (χ1v) is 6.23. The van der Waals surface area contributed by atoms with Crippen LogP contribution in [0.3, 0.4) is 0 Å². The average molecular weight is 330 g/mol. The molecule has 1 amide bonds. The third kappa shape index (κ3) is 2.49. The summed E-state index contributed by atoms with van der Waals surface area (Å²) in [6.07, 6.45) is 0. The van der Waals surface area contributed by atoms with E-state index in [0.29, 0.717) is 22.0 Å². The number of nitrogens with two attached hydrogens (primary N) is 1. The fraction of sp³-hybridized carbons (Fsp3) is 0.0909. The maximum atomic E-state index is 12.0. The fourth-order valence-corrected chi connectivity index (χ4v) is 1.93. The molecule has 0 spiro atoms. The second kappa shape index (κ2) is 4.99. The molecule has 1 aromatic heterocycles. The molecule has 0 radical (unpaired) electrons. The van der Waals surface area contributed by atoms with E-state index in [1.807, 2.05) is 0 Å². The highest BCUT2D eigenvalue weighted by atomic mass is 79.9. The number of anilines is 2. The molecule has 2 rings (SSSR count). The Morgan fingerprint density at radius 2 is 2.28 bits per heavy atom. The number of halogens is 2. The zero-order valence-electron chi connectivity index (χ0n) is 9.42. The third-order valence-electron chi connectivity index (χ3n) is 2.38. The molecule has 4 N–H and O–H groups in total. The van der Waals surface area contributed by atoms with Crippen molar-refractivity contribution in [3.8, 4) is 0 Å². The number of aromatic nitrogens is 2. The van der Waals surface area contributed by atoms with Gasteiger partial charge >= 0.3 is 0 Å². The van der Waals surface area contributed by atoms with E-state index in [1.165, 1.54) is 0 Å². The van der Waals surface area contributed by atoms with E-state index in [4.69, 9.17) is 17.3 Å². The Morgan fingerprint density at radius 3 is 2.83 bits per heavy atom. The van der Waals surface area contributed by atoms with Crippen LogP contribution in [0.4, 0.5) is 11.5 Å². The summed E-state index contributed by atoms with van der Waals surface area (Å²) < 4.78 is 0.765. The minimum absolute atomic E-state index is 0.174. The number of amides is 1. The molecule has 0 saturated carbocycles. The number of carbonyl (C=O) groups is 1. The van der Waals surface area contributed by atoms with Crippen LogP contribution in [0.2, 0.25) is 5.02 Å². The Balaban J connectivity index is 2.24. The minimum atomic E-state index is -0.322. The van der Waals surface area contributed by atoms with Crippen LogP contribution in [0, 0.1) is 6.92 Å². The summed E-state index contributed by atoms with van der Waals surface area (Å²) in [7, 11) is 0. The van der Waals surface area contributed by atoms with E-state index in [2.05, 4.69) is 31.4 Å². The number of H-pyrrole nitrogens is 1. The zero-order valence-corrected chi connectivity index (χ0v) is 11.8. The molecule has 7 heteroatoms. The van der Waals surface area contributed by atoms with Gasteiger partial charge in [0.2, 0.25) is 0 Å². The van der Waals surface area contributed by atoms with Crippen LogP contribution in [-0.2, 0) is 0 Å². The normalized spacial score (nSPS) is 10.4. The van der Waals surface area contributed by atoms with E-state index >= 15 is 0 Å². The molecule has 0 atom stereocenters. The first-order valence-electron chi connectivity index (χ1n) is 5.06. The molecule has 2 aromatic rings. The molecular weight excluding hydrogens is 320 g/mol. The molecule has 5 nitrogen and oxygen atoms in total. The minimum Gasteiger partial charge on any atom is -0.382 e. The molecule has 0 aliphatic carbocycles. The van der Waals surface area contributed by atoms with Gasteiger partial charge in [-0.25, -0.2) is 0 Å². The van der Waals surface area contributed by atoms with Crippen molar-refractivity contribution in [3.05, 3.63) is 39.0 Å². The maximum absolute atomic E-state index is 12.0. The summed E-state index contributed by atoms with van der Waals surface area (Å²) in [5.74, 6) is -0.148. The van der Waals surface area contributed by atoms with E-state index in [1.54, 1.807) is 25.1 Å². The Hall–Kier alpha value is -1.53. The SMILES string of the molecule is Cc1[nH]nc(N)c1C(=O)Nc1ccc(Br)c(Cl)c1. The van der Waals surface area contributed by atoms with Crippen molar-refractivity contribution in [1.29, 1.82) is 0 Å². The number of aromatic amines is 1. The number of benzene rings is 1. The van der Waals surface area contributed by atoms with Gasteiger partial charge in [0.15, 0.2) is 5.82 Å². The van der Waals surface area contributed by atoms with E-state index in [0.717, 1.165) is 4.47 Å². The van der Waals surface area contributed by atoms with Gasteiger partial charge in [0.1, 0.15) is 5.56 Å². The highest BCUT2D eigenvalue weighted by Gasteiger charge is 2.16. The number of hydrogen-bond acceptors (Lipinski definition) is 3. The van der Waals surface area contributed by atoms with E-state index in [9.17, 15) is 4.79 Å². The Morgan fingerprint density at radius 1 is 1.56 bits per heavy atom. The lowest BCUT2D eigenvalue weighted by Gasteiger charge is -2.06. The third-order valence-corrected chi connectivity index (χ3v) is 3.61. The Labute approximate surface area is 117 Å². The van der Waals surface area contributed by atoms with Crippen molar-refractivity contribution in [3.63, 3.8) is 0 Å². The van der Waals surface area contributed by atoms with Crippen LogP contribution < -0.4 is 11.1 Å². The van der Waals surface area contributed by atoms with Gasteiger partial charge in [-0.15, -0.1) is 0 Å². The Bertz CT molecular complexity index is 592. The van der Waals surface area contributed by atoms with Crippen molar-refractivity contribution in [1.82, 2.24) is 10.2 Å². The predicted molar refractivity (Wildman–Crippen MR) is 74.8 cm³/mol. The van der Waals surface area contributed by atoms with Crippen LogP contribution in [0.5, 0.6) is 0 Å². The van der Waals surface area contributed by atoms with E-state index < -0.39 is 0 Å². The van der Waals surface area contributed by atoms with Crippen molar-refractivity contribution in [2.24, 2.45) is 0 Å². The van der Waals surface area contributed by atoms with Crippen molar-refractivity contribution < 1.29 is 4.79 Å². The predicted octanol–water partition coefficient (Wildman–Crippen LogP) is 2.97. The van der Waals surface area contributed by atoms with Gasteiger partial charge in [0.25, 0.3) is 5.91 Å². The molecule has 94 valence electrons. The molecule has 1 aromatic carbocycles. The number of nitrogens with one attached hydrogen (secondary N) is 2. The zero-order chi connectivity index (χ0) is 13.3. The van der Waals surface area contributed by atoms with Gasteiger partial charge in [0.05, 0.1) is 5.02 Å². The fourth-order valence-electron chi connectivity index (χ4n) is 1.50. The van der Waals surface area contributed by atoms with Gasteiger partial charge in [-0.1, -0.05) is 11.6 Å². The topological polar surface area (TPSA) is 83.8 Å². The molecule has 18 heavy (non-hydrogen) atoms. The van der Waals surface area contributed by atoms with Crippen LogP contribution in [0.15, 0.2) is 22.7 Å².